The van der Waals surface area contributed by atoms with Gasteiger partial charge in [-0.05, 0) is 157 Å². The van der Waals surface area contributed by atoms with Crippen molar-refractivity contribution in [3.8, 4) is 44.5 Å². The van der Waals surface area contributed by atoms with E-state index in [1.807, 2.05) is 0 Å². The number of fused-ring (bicyclic) bond motifs is 6. The lowest BCUT2D eigenvalue weighted by atomic mass is 9.77. The van der Waals surface area contributed by atoms with E-state index in [-0.39, 0.29) is 0 Å². The van der Waals surface area contributed by atoms with Gasteiger partial charge in [-0.25, -0.2) is 0 Å². The van der Waals surface area contributed by atoms with Gasteiger partial charge < -0.3 is 4.90 Å². The molecule has 0 atom stereocenters. The molecule has 0 spiro atoms. The first-order valence-electron chi connectivity index (χ1n) is 17.3. The Hall–Kier alpha value is -5.92. The molecule has 8 aromatic rings. The molecule has 8 aromatic carbocycles. The molecule has 0 saturated carbocycles. The van der Waals surface area contributed by atoms with Crippen molar-refractivity contribution in [2.45, 2.75) is 26.7 Å². The normalized spacial score (nSPS) is 11.8. The molecule has 1 aliphatic rings. The van der Waals surface area contributed by atoms with Gasteiger partial charge >= 0.3 is 0 Å². The second kappa shape index (κ2) is 11.6. The summed E-state index contributed by atoms with van der Waals surface area (Å²) in [6, 6.07) is 60.5. The summed E-state index contributed by atoms with van der Waals surface area (Å²) in [7, 11) is 0. The first-order valence-corrected chi connectivity index (χ1v) is 17.3. The third kappa shape index (κ3) is 5.02. The molecule has 0 aromatic heterocycles. The minimum atomic E-state index is 0.456. The van der Waals surface area contributed by atoms with E-state index in [2.05, 4.69) is 189 Å². The van der Waals surface area contributed by atoms with Gasteiger partial charge in [0.25, 0.3) is 0 Å². The van der Waals surface area contributed by atoms with Gasteiger partial charge in [-0.1, -0.05) is 111 Å². The van der Waals surface area contributed by atoms with Crippen molar-refractivity contribution >= 4 is 38.6 Å². The number of nitrogens with zero attached hydrogens (tertiary/aromatic N) is 1. The third-order valence-electron chi connectivity index (χ3n) is 10.2. The summed E-state index contributed by atoms with van der Waals surface area (Å²) in [4.78, 5) is 2.41. The molecule has 0 saturated heterocycles. The Balaban J connectivity index is 1.17. The van der Waals surface area contributed by atoms with Crippen LogP contribution in [0.5, 0.6) is 0 Å². The van der Waals surface area contributed by atoms with Crippen LogP contribution in [-0.2, 0) is 0 Å². The van der Waals surface area contributed by atoms with E-state index < -0.39 is 0 Å². The minimum Gasteiger partial charge on any atom is -0.310 e. The van der Waals surface area contributed by atoms with Crippen LogP contribution in [0.3, 0.4) is 0 Å². The second-order valence-electron chi connectivity index (χ2n) is 13.7. The highest BCUT2D eigenvalue weighted by Crippen LogP contribution is 2.51. The fraction of sp³-hybridized carbons (Fsp3) is 0.0833. The summed E-state index contributed by atoms with van der Waals surface area (Å²) >= 11 is 0. The van der Waals surface area contributed by atoms with Crippen LogP contribution in [-0.4, -0.2) is 0 Å². The molecule has 49 heavy (non-hydrogen) atoms. The average molecular weight is 628 g/mol. The zero-order valence-corrected chi connectivity index (χ0v) is 28.1. The Labute approximate surface area is 288 Å². The van der Waals surface area contributed by atoms with Crippen LogP contribution in [0.1, 0.15) is 30.9 Å². The van der Waals surface area contributed by atoms with Crippen LogP contribution in [0.4, 0.5) is 17.1 Å². The lowest BCUT2D eigenvalue weighted by molar-refractivity contribution is 0.865. The summed E-state index contributed by atoms with van der Waals surface area (Å²) in [5.74, 6) is 0.456. The Morgan fingerprint density at radius 1 is 0.388 bits per heavy atom. The number of rotatable bonds is 6. The van der Waals surface area contributed by atoms with Gasteiger partial charge in [0, 0.05) is 17.1 Å². The summed E-state index contributed by atoms with van der Waals surface area (Å²) in [5, 5.41) is 5.06. The molecule has 0 aliphatic heterocycles. The van der Waals surface area contributed by atoms with E-state index in [1.54, 1.807) is 0 Å². The molecule has 1 nitrogen and oxygen atoms in total. The van der Waals surface area contributed by atoms with Gasteiger partial charge in [0.2, 0.25) is 0 Å². The molecule has 9 rings (SSSR count). The zero-order valence-electron chi connectivity index (χ0n) is 28.1. The highest BCUT2D eigenvalue weighted by atomic mass is 15.1. The van der Waals surface area contributed by atoms with E-state index in [4.69, 9.17) is 0 Å². The Morgan fingerprint density at radius 2 is 0.857 bits per heavy atom. The zero-order chi connectivity index (χ0) is 33.1. The van der Waals surface area contributed by atoms with E-state index in [1.165, 1.54) is 88.6 Å². The molecule has 0 heterocycles. The standard InChI is InChI=1S/C48H37N/c1-31(2)35-20-19-32(3)48(30-35)49(40-17-11-6-12-18-40)41-22-21-36-24-44-45(27-37(36)23-41)47-29-39-26-43(34-15-9-5-10-16-34)42(25-38(39)28-46(44)47)33-13-7-4-8-14-33/h4-31H,1-3H3. The smallest absolute Gasteiger partial charge is 0.0493 e. The number of benzene rings is 8. The van der Waals surface area contributed by atoms with E-state index in [0.717, 1.165) is 5.69 Å². The second-order valence-corrected chi connectivity index (χ2v) is 13.7. The molecule has 0 bridgehead atoms. The maximum atomic E-state index is 2.41. The molecule has 0 unspecified atom stereocenters. The summed E-state index contributed by atoms with van der Waals surface area (Å²) in [6.07, 6.45) is 0. The van der Waals surface area contributed by atoms with E-state index in [9.17, 15) is 0 Å². The molecular weight excluding hydrogens is 591 g/mol. The quantitative estimate of drug-likeness (QED) is 0.177. The van der Waals surface area contributed by atoms with Crippen LogP contribution >= 0.6 is 0 Å². The molecule has 1 heteroatoms. The van der Waals surface area contributed by atoms with Gasteiger partial charge in [-0.3, -0.25) is 0 Å². The van der Waals surface area contributed by atoms with Crippen molar-refractivity contribution < 1.29 is 0 Å². The molecule has 1 aliphatic carbocycles. The molecular formula is C48H37N. The van der Waals surface area contributed by atoms with Crippen molar-refractivity contribution in [2.24, 2.45) is 0 Å². The Kier molecular flexibility index (Phi) is 6.95. The van der Waals surface area contributed by atoms with Gasteiger partial charge in [0.15, 0.2) is 0 Å². The fourth-order valence-electron chi connectivity index (χ4n) is 7.55. The lowest BCUT2D eigenvalue weighted by Gasteiger charge is -2.29. The van der Waals surface area contributed by atoms with Crippen molar-refractivity contribution in [3.63, 3.8) is 0 Å². The minimum absolute atomic E-state index is 0.456. The van der Waals surface area contributed by atoms with Gasteiger partial charge in [-0.2, -0.15) is 0 Å². The highest BCUT2D eigenvalue weighted by Gasteiger charge is 2.25. The van der Waals surface area contributed by atoms with Crippen LogP contribution in [0.25, 0.3) is 66.1 Å². The predicted molar refractivity (Wildman–Crippen MR) is 210 cm³/mol. The monoisotopic (exact) mass is 627 g/mol. The topological polar surface area (TPSA) is 3.24 Å². The molecule has 234 valence electrons. The summed E-state index contributed by atoms with van der Waals surface area (Å²) in [6.45, 7) is 6.74. The number of hydrogen-bond donors (Lipinski definition) is 0. The van der Waals surface area contributed by atoms with Gasteiger partial charge in [0.1, 0.15) is 0 Å². The highest BCUT2D eigenvalue weighted by molar-refractivity contribution is 6.13. The van der Waals surface area contributed by atoms with E-state index >= 15 is 0 Å². The molecule has 0 fully saturated rings. The van der Waals surface area contributed by atoms with Crippen LogP contribution in [0.2, 0.25) is 0 Å². The average Bonchev–Trinajstić information content (AvgIpc) is 3.15. The Morgan fingerprint density at radius 3 is 1.39 bits per heavy atom. The maximum absolute atomic E-state index is 2.41. The largest absolute Gasteiger partial charge is 0.310 e. The van der Waals surface area contributed by atoms with Crippen molar-refractivity contribution in [3.05, 3.63) is 175 Å². The van der Waals surface area contributed by atoms with Crippen LogP contribution < -0.4 is 4.90 Å². The summed E-state index contributed by atoms with van der Waals surface area (Å²) in [5.41, 5.74) is 16.5. The van der Waals surface area contributed by atoms with Crippen LogP contribution in [0, 0.1) is 6.92 Å². The van der Waals surface area contributed by atoms with Gasteiger partial charge in [0.05, 0.1) is 0 Å². The third-order valence-corrected chi connectivity index (χ3v) is 10.2. The first kappa shape index (κ1) is 29.2. The fourth-order valence-corrected chi connectivity index (χ4v) is 7.55. The summed E-state index contributed by atoms with van der Waals surface area (Å²) < 4.78 is 0. The maximum Gasteiger partial charge on any atom is 0.0493 e. The number of para-hydroxylation sites is 1. The molecule has 0 amide bonds. The number of hydrogen-bond acceptors (Lipinski definition) is 1. The number of anilines is 3. The molecule has 0 radical (unpaired) electrons. The predicted octanol–water partition coefficient (Wildman–Crippen LogP) is 13.9. The van der Waals surface area contributed by atoms with Crippen molar-refractivity contribution in [1.29, 1.82) is 0 Å². The van der Waals surface area contributed by atoms with Crippen molar-refractivity contribution in [2.75, 3.05) is 4.90 Å². The Bertz CT molecular complexity index is 2510. The first-order chi connectivity index (χ1) is 24.0. The lowest BCUT2D eigenvalue weighted by Crippen LogP contribution is -2.12. The number of aryl methyl sites for hydroxylation is 1. The SMILES string of the molecule is Cc1ccc(C(C)C)cc1N(c1ccccc1)c1ccc2cc3c(cc2c1)-c1cc2cc(-c4ccccc4)c(-c4ccccc4)cc2cc1-3. The van der Waals surface area contributed by atoms with E-state index in [0.29, 0.717) is 5.92 Å². The molecule has 0 N–H and O–H groups in total. The van der Waals surface area contributed by atoms with Crippen LogP contribution in [0.15, 0.2) is 164 Å². The van der Waals surface area contributed by atoms with Gasteiger partial charge in [-0.15, -0.1) is 0 Å². The van der Waals surface area contributed by atoms with Crippen molar-refractivity contribution in [1.82, 2.24) is 0 Å².